The number of amides is 2. The fraction of sp³-hybridized carbons (Fsp3) is 0.769. The van der Waals surface area contributed by atoms with Gasteiger partial charge in [0.15, 0.2) is 0 Å². The van der Waals surface area contributed by atoms with Crippen LogP contribution in [0.3, 0.4) is 0 Å². The van der Waals surface area contributed by atoms with Crippen molar-refractivity contribution < 1.29 is 24.2 Å². The molecule has 2 amide bonds. The van der Waals surface area contributed by atoms with E-state index in [0.717, 1.165) is 25.7 Å². The van der Waals surface area contributed by atoms with Crippen molar-refractivity contribution in [2.45, 2.75) is 58.6 Å². The van der Waals surface area contributed by atoms with Crippen molar-refractivity contribution >= 4 is 11.8 Å². The third kappa shape index (κ3) is 6.19. The van der Waals surface area contributed by atoms with Crippen molar-refractivity contribution in [3.8, 4) is 0 Å². The number of fused-ring (bicyclic) bond motifs is 1. The zero-order valence-corrected chi connectivity index (χ0v) is 21.8. The van der Waals surface area contributed by atoms with E-state index in [0.29, 0.717) is 31.9 Å². The Morgan fingerprint density at radius 3 is 2.37 bits per heavy atom. The Kier molecular flexibility index (Phi) is 9.61. The van der Waals surface area contributed by atoms with Crippen LogP contribution in [0.1, 0.15) is 56.8 Å². The number of aromatic nitrogens is 2. The van der Waals surface area contributed by atoms with Gasteiger partial charge in [0.2, 0.25) is 5.91 Å². The molecule has 2 fully saturated rings. The van der Waals surface area contributed by atoms with E-state index in [-0.39, 0.29) is 46.9 Å². The molecule has 7 atom stereocenters. The van der Waals surface area contributed by atoms with E-state index >= 15 is 0 Å². The predicted octanol–water partition coefficient (Wildman–Crippen LogP) is 2.16. The van der Waals surface area contributed by atoms with E-state index in [4.69, 9.17) is 9.47 Å². The van der Waals surface area contributed by atoms with Crippen LogP contribution in [0.4, 0.5) is 0 Å². The first-order valence-corrected chi connectivity index (χ1v) is 12.7. The van der Waals surface area contributed by atoms with Crippen LogP contribution in [0.5, 0.6) is 0 Å². The van der Waals surface area contributed by atoms with Crippen LogP contribution in [0.25, 0.3) is 0 Å². The molecular formula is C26H42N4O5. The standard InChI is InChI=1S/C26H42N4O5/c1-17(25(33)30(10-12-34-4)11-13-35-5)20-6-8-26(3)9-7-21(18(2)22(26)23(20)31)29-24(32)19-14-27-16-28-15-19/h14-18,20-23,31H,6-13H2,1-5H3,(H,29,32)/t17-,18+,20-,21-,22+,23-,26-/m0/s1. The number of ether oxygens (including phenoxy) is 2. The largest absolute Gasteiger partial charge is 0.392 e. The molecule has 2 N–H and O–H groups in total. The maximum atomic E-state index is 13.4. The molecule has 196 valence electrons. The molecule has 1 aromatic rings. The first kappa shape index (κ1) is 27.5. The molecule has 2 aliphatic carbocycles. The smallest absolute Gasteiger partial charge is 0.254 e. The first-order chi connectivity index (χ1) is 16.7. The first-order valence-electron chi connectivity index (χ1n) is 12.7. The topological polar surface area (TPSA) is 114 Å². The Hall–Kier alpha value is -2.10. The van der Waals surface area contributed by atoms with Crippen molar-refractivity contribution in [2.75, 3.05) is 40.5 Å². The van der Waals surface area contributed by atoms with Crippen LogP contribution in [0, 0.1) is 29.1 Å². The highest BCUT2D eigenvalue weighted by molar-refractivity contribution is 5.93. The van der Waals surface area contributed by atoms with Gasteiger partial charge in [0.25, 0.3) is 5.91 Å². The van der Waals surface area contributed by atoms with Gasteiger partial charge in [-0.2, -0.15) is 0 Å². The van der Waals surface area contributed by atoms with E-state index in [2.05, 4.69) is 29.1 Å². The molecule has 2 saturated carbocycles. The van der Waals surface area contributed by atoms with Gasteiger partial charge in [0.05, 0.1) is 24.9 Å². The zero-order valence-electron chi connectivity index (χ0n) is 21.8. The fourth-order valence-corrected chi connectivity index (χ4v) is 6.37. The number of carbonyl (C=O) groups is 2. The molecule has 0 unspecified atom stereocenters. The molecule has 0 aliphatic heterocycles. The third-order valence-corrected chi connectivity index (χ3v) is 8.50. The molecule has 35 heavy (non-hydrogen) atoms. The van der Waals surface area contributed by atoms with Crippen LogP contribution >= 0.6 is 0 Å². The Balaban J connectivity index is 1.72. The number of aliphatic hydroxyl groups is 1. The minimum Gasteiger partial charge on any atom is -0.392 e. The summed E-state index contributed by atoms with van der Waals surface area (Å²) in [6.07, 6.45) is 7.38. The second-order valence-electron chi connectivity index (χ2n) is 10.6. The quantitative estimate of drug-likeness (QED) is 0.517. The fourth-order valence-electron chi connectivity index (χ4n) is 6.37. The summed E-state index contributed by atoms with van der Waals surface area (Å²) in [5, 5.41) is 14.8. The summed E-state index contributed by atoms with van der Waals surface area (Å²) < 4.78 is 10.4. The van der Waals surface area contributed by atoms with E-state index in [1.54, 1.807) is 19.1 Å². The lowest BCUT2D eigenvalue weighted by Crippen LogP contribution is -2.58. The SMILES string of the molecule is COCCN(CCOC)C(=O)[C@@H](C)[C@@H]1CC[C@@]2(C)CC[C@H](NC(=O)c3cncnc3)[C@@H](C)[C@@H]2[C@H]1O. The summed E-state index contributed by atoms with van der Waals surface area (Å²) in [4.78, 5) is 35.9. The van der Waals surface area contributed by atoms with E-state index in [1.807, 2.05) is 6.92 Å². The van der Waals surface area contributed by atoms with E-state index < -0.39 is 6.10 Å². The molecule has 0 saturated heterocycles. The van der Waals surface area contributed by atoms with Gasteiger partial charge in [-0.1, -0.05) is 20.8 Å². The van der Waals surface area contributed by atoms with Crippen molar-refractivity contribution in [3.05, 3.63) is 24.3 Å². The molecule has 1 heterocycles. The number of nitrogens with one attached hydrogen (secondary N) is 1. The van der Waals surface area contributed by atoms with Crippen molar-refractivity contribution in [1.82, 2.24) is 20.2 Å². The molecule has 0 radical (unpaired) electrons. The summed E-state index contributed by atoms with van der Waals surface area (Å²) in [6.45, 7) is 8.24. The lowest BCUT2D eigenvalue weighted by atomic mass is 9.51. The molecule has 1 aromatic heterocycles. The molecule has 2 aliphatic rings. The lowest BCUT2D eigenvalue weighted by Gasteiger charge is -2.56. The number of nitrogens with zero attached hydrogens (tertiary/aromatic N) is 3. The highest BCUT2D eigenvalue weighted by Crippen LogP contribution is 2.55. The highest BCUT2D eigenvalue weighted by Gasteiger charge is 2.54. The van der Waals surface area contributed by atoms with Crippen LogP contribution in [0.15, 0.2) is 18.7 Å². The minimum absolute atomic E-state index is 0.00558. The molecule has 9 heteroatoms. The number of carbonyl (C=O) groups excluding carboxylic acids is 2. The number of hydrogen-bond donors (Lipinski definition) is 2. The van der Waals surface area contributed by atoms with Gasteiger partial charge >= 0.3 is 0 Å². The lowest BCUT2D eigenvalue weighted by molar-refractivity contribution is -0.151. The van der Waals surface area contributed by atoms with Crippen LogP contribution in [0.2, 0.25) is 0 Å². The minimum atomic E-state index is -0.617. The second-order valence-corrected chi connectivity index (χ2v) is 10.6. The van der Waals surface area contributed by atoms with Crippen LogP contribution in [-0.2, 0) is 14.3 Å². The maximum absolute atomic E-state index is 13.4. The van der Waals surface area contributed by atoms with E-state index in [1.165, 1.54) is 18.7 Å². The molecule has 0 aromatic carbocycles. The third-order valence-electron chi connectivity index (χ3n) is 8.50. The number of rotatable bonds is 10. The summed E-state index contributed by atoms with van der Waals surface area (Å²) >= 11 is 0. The van der Waals surface area contributed by atoms with Crippen LogP contribution < -0.4 is 5.32 Å². The van der Waals surface area contributed by atoms with Gasteiger partial charge < -0.3 is 24.8 Å². The summed E-state index contributed by atoms with van der Waals surface area (Å²) in [5.41, 5.74) is 0.419. The van der Waals surface area contributed by atoms with Gasteiger partial charge in [0, 0.05) is 51.7 Å². The maximum Gasteiger partial charge on any atom is 0.254 e. The number of methoxy groups -OCH3 is 2. The molecular weight excluding hydrogens is 448 g/mol. The Morgan fingerprint density at radius 1 is 1.17 bits per heavy atom. The predicted molar refractivity (Wildman–Crippen MR) is 132 cm³/mol. The monoisotopic (exact) mass is 490 g/mol. The van der Waals surface area contributed by atoms with Crippen LogP contribution in [-0.4, -0.2) is 84.5 Å². The average Bonchev–Trinajstić information content (AvgIpc) is 2.85. The van der Waals surface area contributed by atoms with Gasteiger partial charge in [-0.15, -0.1) is 0 Å². The van der Waals surface area contributed by atoms with Gasteiger partial charge in [-0.25, -0.2) is 9.97 Å². The highest BCUT2D eigenvalue weighted by atomic mass is 16.5. The van der Waals surface area contributed by atoms with Crippen molar-refractivity contribution in [3.63, 3.8) is 0 Å². The zero-order chi connectivity index (χ0) is 25.6. The normalized spacial score (nSPS) is 31.3. The Labute approximate surface area is 209 Å². The molecule has 9 nitrogen and oxygen atoms in total. The molecule has 0 spiro atoms. The van der Waals surface area contributed by atoms with E-state index in [9.17, 15) is 14.7 Å². The summed E-state index contributed by atoms with van der Waals surface area (Å²) in [6, 6.07) is -0.0555. The number of aliphatic hydroxyl groups excluding tert-OH is 1. The van der Waals surface area contributed by atoms with Crippen molar-refractivity contribution in [1.29, 1.82) is 0 Å². The Bertz CT molecular complexity index is 832. The summed E-state index contributed by atoms with van der Waals surface area (Å²) in [5.74, 6) is -0.540. The van der Waals surface area contributed by atoms with Gasteiger partial charge in [-0.3, -0.25) is 9.59 Å². The number of hydrogen-bond acceptors (Lipinski definition) is 7. The van der Waals surface area contributed by atoms with Gasteiger partial charge in [-0.05, 0) is 48.9 Å². The molecule has 0 bridgehead atoms. The van der Waals surface area contributed by atoms with Gasteiger partial charge in [0.1, 0.15) is 6.33 Å². The second kappa shape index (κ2) is 12.2. The summed E-state index contributed by atoms with van der Waals surface area (Å²) in [7, 11) is 3.25. The molecule has 3 rings (SSSR count). The Morgan fingerprint density at radius 2 is 1.77 bits per heavy atom. The van der Waals surface area contributed by atoms with Crippen molar-refractivity contribution in [2.24, 2.45) is 29.1 Å². The average molecular weight is 491 g/mol.